The topological polar surface area (TPSA) is 87.7 Å². The van der Waals surface area contributed by atoms with Crippen molar-refractivity contribution in [1.82, 2.24) is 25.1 Å². The summed E-state index contributed by atoms with van der Waals surface area (Å²) in [5.74, 6) is 0.0133. The number of halogens is 2. The molecule has 7 nitrogen and oxygen atoms in total. The molecule has 1 N–H and O–H groups in total. The molecule has 1 saturated heterocycles. The maximum Gasteiger partial charge on any atom is 0.232 e. The highest BCUT2D eigenvalue weighted by Crippen LogP contribution is 2.26. The molecule has 27 heavy (non-hydrogen) atoms. The van der Waals surface area contributed by atoms with Gasteiger partial charge in [-0.05, 0) is 43.0 Å². The number of aromatic nitrogens is 5. The molecular weight excluding hydrogens is 371 g/mol. The van der Waals surface area contributed by atoms with Crippen LogP contribution >= 0.6 is 11.6 Å². The van der Waals surface area contributed by atoms with Gasteiger partial charge >= 0.3 is 0 Å². The summed E-state index contributed by atoms with van der Waals surface area (Å²) >= 11 is 5.62. The number of hydrogen-bond donors (Lipinski definition) is 1. The first-order valence-corrected chi connectivity index (χ1v) is 8.93. The molecule has 0 bridgehead atoms. The predicted octanol–water partition coefficient (Wildman–Crippen LogP) is 3.04. The van der Waals surface area contributed by atoms with Gasteiger partial charge in [0, 0.05) is 36.6 Å². The van der Waals surface area contributed by atoms with Crippen molar-refractivity contribution in [2.45, 2.75) is 19.3 Å². The van der Waals surface area contributed by atoms with Gasteiger partial charge in [0.1, 0.15) is 0 Å². The number of H-pyrrole nitrogens is 1. The first-order valence-electron chi connectivity index (χ1n) is 8.56. The van der Waals surface area contributed by atoms with Crippen LogP contribution in [0.15, 0.2) is 36.8 Å². The second-order valence-electron chi connectivity index (χ2n) is 6.37. The Kier molecular flexibility index (Phi) is 4.81. The molecule has 0 saturated carbocycles. The number of nitrogens with zero attached hydrogens (tertiary/aromatic N) is 5. The average molecular weight is 387 g/mol. The molecule has 3 aromatic rings. The van der Waals surface area contributed by atoms with E-state index >= 15 is 0 Å². The van der Waals surface area contributed by atoms with E-state index in [1.54, 1.807) is 29.4 Å². The molecule has 4 rings (SSSR count). The highest BCUT2D eigenvalue weighted by atomic mass is 35.5. The van der Waals surface area contributed by atoms with Crippen molar-refractivity contribution in [2.75, 3.05) is 11.4 Å². The standard InChI is InChI=1S/C18H16ClFN6O/c19-15-14(20)9-11(10-22-15)8-13-2-1-7-26(17(13)27)18-23-16(24-25-18)12-3-5-21-6-4-12/h3-6,9-10,13H,1-2,7-8H2,(H,23,24,25). The van der Waals surface area contributed by atoms with E-state index in [1.807, 2.05) is 0 Å². The number of rotatable bonds is 4. The molecule has 1 aliphatic heterocycles. The van der Waals surface area contributed by atoms with Crippen molar-refractivity contribution in [3.05, 3.63) is 53.3 Å². The summed E-state index contributed by atoms with van der Waals surface area (Å²) in [5.41, 5.74) is 1.46. The summed E-state index contributed by atoms with van der Waals surface area (Å²) in [6, 6.07) is 4.93. The highest BCUT2D eigenvalue weighted by Gasteiger charge is 2.31. The van der Waals surface area contributed by atoms with Crippen molar-refractivity contribution in [2.24, 2.45) is 5.92 Å². The summed E-state index contributed by atoms with van der Waals surface area (Å²) in [6.45, 7) is 0.563. The molecule has 1 aliphatic rings. The Morgan fingerprint density at radius 3 is 2.93 bits per heavy atom. The van der Waals surface area contributed by atoms with E-state index < -0.39 is 5.82 Å². The molecule has 4 heterocycles. The fraction of sp³-hybridized carbons (Fsp3) is 0.278. The Bertz CT molecular complexity index is 963. The number of hydrogen-bond acceptors (Lipinski definition) is 5. The molecule has 0 aliphatic carbocycles. The number of carbonyl (C=O) groups is 1. The lowest BCUT2D eigenvalue weighted by Gasteiger charge is -2.30. The molecule has 0 spiro atoms. The van der Waals surface area contributed by atoms with Crippen molar-refractivity contribution in [1.29, 1.82) is 0 Å². The van der Waals surface area contributed by atoms with E-state index in [0.29, 0.717) is 30.3 Å². The summed E-state index contributed by atoms with van der Waals surface area (Å²) in [6.07, 6.45) is 6.78. The summed E-state index contributed by atoms with van der Waals surface area (Å²) in [4.78, 5) is 26.7. The van der Waals surface area contributed by atoms with E-state index in [1.165, 1.54) is 12.3 Å². The van der Waals surface area contributed by atoms with Crippen molar-refractivity contribution in [3.63, 3.8) is 0 Å². The minimum absolute atomic E-state index is 0.0611. The van der Waals surface area contributed by atoms with Gasteiger partial charge in [-0.25, -0.2) is 14.5 Å². The van der Waals surface area contributed by atoms with E-state index in [0.717, 1.165) is 18.4 Å². The number of amides is 1. The second-order valence-corrected chi connectivity index (χ2v) is 6.73. The van der Waals surface area contributed by atoms with Crippen LogP contribution in [0.5, 0.6) is 0 Å². The smallest absolute Gasteiger partial charge is 0.232 e. The van der Waals surface area contributed by atoms with Gasteiger partial charge in [-0.3, -0.25) is 14.7 Å². The third-order valence-corrected chi connectivity index (χ3v) is 4.83. The Morgan fingerprint density at radius 2 is 2.15 bits per heavy atom. The molecule has 1 fully saturated rings. The molecule has 9 heteroatoms. The Hall–Kier alpha value is -2.87. The van der Waals surface area contributed by atoms with Crippen LogP contribution in [0.25, 0.3) is 11.4 Å². The van der Waals surface area contributed by atoms with Crippen molar-refractivity contribution >= 4 is 23.5 Å². The maximum atomic E-state index is 13.6. The van der Waals surface area contributed by atoms with Gasteiger partial charge < -0.3 is 0 Å². The third kappa shape index (κ3) is 3.66. The van der Waals surface area contributed by atoms with Crippen LogP contribution in [0.4, 0.5) is 10.3 Å². The normalized spacial score (nSPS) is 17.3. The van der Waals surface area contributed by atoms with Crippen molar-refractivity contribution in [3.8, 4) is 11.4 Å². The minimum Gasteiger partial charge on any atom is -0.281 e. The lowest BCUT2D eigenvalue weighted by molar-refractivity contribution is -0.123. The Labute approximate surface area is 159 Å². The quantitative estimate of drug-likeness (QED) is 0.696. The number of piperidine rings is 1. The minimum atomic E-state index is -0.577. The monoisotopic (exact) mass is 386 g/mol. The molecule has 0 aromatic carbocycles. The SMILES string of the molecule is O=C1C(Cc2cnc(Cl)c(F)c2)CCCN1c1nc(-c2ccncc2)n[nH]1. The fourth-order valence-electron chi connectivity index (χ4n) is 3.21. The van der Waals surface area contributed by atoms with Crippen LogP contribution in [0, 0.1) is 11.7 Å². The molecule has 1 unspecified atom stereocenters. The zero-order valence-corrected chi connectivity index (χ0v) is 15.0. The lowest BCUT2D eigenvalue weighted by atomic mass is 9.91. The van der Waals surface area contributed by atoms with Crippen LogP contribution in [0.1, 0.15) is 18.4 Å². The van der Waals surface area contributed by atoms with Gasteiger partial charge in [0.2, 0.25) is 11.9 Å². The number of nitrogens with one attached hydrogen (secondary N) is 1. The predicted molar refractivity (Wildman–Crippen MR) is 97.6 cm³/mol. The van der Waals surface area contributed by atoms with Crippen molar-refractivity contribution < 1.29 is 9.18 Å². The van der Waals surface area contributed by atoms with Gasteiger partial charge in [-0.15, -0.1) is 0 Å². The first kappa shape index (κ1) is 17.5. The first-order chi connectivity index (χ1) is 13.1. The molecule has 138 valence electrons. The average Bonchev–Trinajstić information content (AvgIpc) is 3.17. The Morgan fingerprint density at radius 1 is 1.33 bits per heavy atom. The summed E-state index contributed by atoms with van der Waals surface area (Å²) in [5, 5.41) is 6.87. The van der Waals surface area contributed by atoms with Crippen LogP contribution in [0.3, 0.4) is 0 Å². The third-order valence-electron chi connectivity index (χ3n) is 4.55. The van der Waals surface area contributed by atoms with Gasteiger partial charge in [-0.2, -0.15) is 10.1 Å². The molecule has 0 radical (unpaired) electrons. The van der Waals surface area contributed by atoms with Gasteiger partial charge in [0.25, 0.3) is 0 Å². The summed E-state index contributed by atoms with van der Waals surface area (Å²) < 4.78 is 13.6. The second kappa shape index (κ2) is 7.40. The van der Waals surface area contributed by atoms with Gasteiger partial charge in [-0.1, -0.05) is 11.6 Å². The maximum absolute atomic E-state index is 13.6. The molecule has 3 aromatic heterocycles. The fourth-order valence-corrected chi connectivity index (χ4v) is 3.31. The number of carbonyl (C=O) groups excluding carboxylic acids is 1. The van der Waals surface area contributed by atoms with Gasteiger partial charge in [0.15, 0.2) is 16.8 Å². The highest BCUT2D eigenvalue weighted by molar-refractivity contribution is 6.29. The number of anilines is 1. The number of pyridine rings is 2. The lowest BCUT2D eigenvalue weighted by Crippen LogP contribution is -2.42. The van der Waals surface area contributed by atoms with Crippen LogP contribution in [-0.2, 0) is 11.2 Å². The molecule has 1 amide bonds. The largest absolute Gasteiger partial charge is 0.281 e. The van der Waals surface area contributed by atoms with Crippen LogP contribution < -0.4 is 4.90 Å². The summed E-state index contributed by atoms with van der Waals surface area (Å²) in [7, 11) is 0. The van der Waals surface area contributed by atoms with E-state index in [9.17, 15) is 9.18 Å². The van der Waals surface area contributed by atoms with Gasteiger partial charge in [0.05, 0.1) is 0 Å². The zero-order chi connectivity index (χ0) is 18.8. The molecule has 1 atom stereocenters. The zero-order valence-electron chi connectivity index (χ0n) is 14.3. The molecular formula is C18H16ClFN6O. The van der Waals surface area contributed by atoms with E-state index in [4.69, 9.17) is 11.6 Å². The van der Waals surface area contributed by atoms with E-state index in [-0.39, 0.29) is 17.0 Å². The van der Waals surface area contributed by atoms with Crippen LogP contribution in [0.2, 0.25) is 5.15 Å². The Balaban J connectivity index is 1.52. The van der Waals surface area contributed by atoms with Crippen LogP contribution in [-0.4, -0.2) is 37.6 Å². The van der Waals surface area contributed by atoms with E-state index in [2.05, 4.69) is 25.1 Å². The number of aromatic amines is 1.